The van der Waals surface area contributed by atoms with E-state index in [1.54, 1.807) is 0 Å². The lowest BCUT2D eigenvalue weighted by Crippen LogP contribution is -2.09. The molecule has 0 amide bonds. The van der Waals surface area contributed by atoms with Gasteiger partial charge in [0.1, 0.15) is 24.1 Å². The Hall–Kier alpha value is -2.02. The van der Waals surface area contributed by atoms with Crippen LogP contribution in [0.4, 0.5) is 18.9 Å². The third-order valence-electron chi connectivity index (χ3n) is 2.68. The van der Waals surface area contributed by atoms with Gasteiger partial charge in [-0.15, -0.1) is 0 Å². The van der Waals surface area contributed by atoms with Crippen LogP contribution in [0, 0.1) is 17.5 Å². The molecule has 21 heavy (non-hydrogen) atoms. The fourth-order valence-corrected chi connectivity index (χ4v) is 2.05. The van der Waals surface area contributed by atoms with Crippen LogP contribution in [-0.2, 0) is 11.3 Å². The zero-order chi connectivity index (χ0) is 15.6. The summed E-state index contributed by atoms with van der Waals surface area (Å²) in [6.45, 7) is -0.198. The Labute approximate surface area is 126 Å². The third kappa shape index (κ3) is 3.55. The summed E-state index contributed by atoms with van der Waals surface area (Å²) in [4.78, 5) is 11.8. The Morgan fingerprint density at radius 2 is 1.86 bits per heavy atom. The highest BCUT2D eigenvalue weighted by Gasteiger charge is 2.17. The number of esters is 1. The molecule has 2 aromatic carbocycles. The minimum atomic E-state index is -1.06. The standard InChI is InChI=1S/C14H9BrF3NO2/c15-10-3-8(16)2-1-7(10)6-21-14(20)9-4-13(19)12(18)5-11(9)17/h1-5H,6,19H2. The average Bonchev–Trinajstić information content (AvgIpc) is 2.41. The van der Waals surface area contributed by atoms with Crippen molar-refractivity contribution < 1.29 is 22.7 Å². The van der Waals surface area contributed by atoms with Gasteiger partial charge in [0.05, 0.1) is 11.3 Å². The Balaban J connectivity index is 2.13. The Bertz CT molecular complexity index is 707. The van der Waals surface area contributed by atoms with Gasteiger partial charge in [-0.25, -0.2) is 18.0 Å². The molecule has 7 heteroatoms. The van der Waals surface area contributed by atoms with E-state index in [9.17, 15) is 18.0 Å². The van der Waals surface area contributed by atoms with Crippen molar-refractivity contribution in [2.24, 2.45) is 0 Å². The lowest BCUT2D eigenvalue weighted by molar-refractivity contribution is 0.0466. The summed E-state index contributed by atoms with van der Waals surface area (Å²) in [5.41, 5.74) is 4.96. The topological polar surface area (TPSA) is 52.3 Å². The molecule has 0 bridgehead atoms. The second-order valence-electron chi connectivity index (χ2n) is 4.17. The van der Waals surface area contributed by atoms with Crippen LogP contribution in [0.5, 0.6) is 0 Å². The number of rotatable bonds is 3. The number of nitrogens with two attached hydrogens (primary N) is 1. The molecule has 0 saturated heterocycles. The number of hydrogen-bond donors (Lipinski definition) is 1. The summed E-state index contributed by atoms with van der Waals surface area (Å²) < 4.78 is 44.7. The van der Waals surface area contributed by atoms with Crippen LogP contribution >= 0.6 is 15.9 Å². The van der Waals surface area contributed by atoms with Gasteiger partial charge in [0.25, 0.3) is 0 Å². The van der Waals surface area contributed by atoms with Crippen LogP contribution in [0.1, 0.15) is 15.9 Å². The number of halogens is 4. The second kappa shape index (κ2) is 6.17. The fraction of sp³-hybridized carbons (Fsp3) is 0.0714. The van der Waals surface area contributed by atoms with Crippen LogP contribution in [0.2, 0.25) is 0 Å². The first-order chi connectivity index (χ1) is 9.88. The summed E-state index contributed by atoms with van der Waals surface area (Å²) in [7, 11) is 0. The van der Waals surface area contributed by atoms with Gasteiger partial charge >= 0.3 is 5.97 Å². The number of benzene rings is 2. The lowest BCUT2D eigenvalue weighted by Gasteiger charge is -2.08. The van der Waals surface area contributed by atoms with Crippen molar-refractivity contribution >= 4 is 27.6 Å². The van der Waals surface area contributed by atoms with E-state index >= 15 is 0 Å². The van der Waals surface area contributed by atoms with Gasteiger partial charge in [-0.1, -0.05) is 22.0 Å². The highest BCUT2D eigenvalue weighted by molar-refractivity contribution is 9.10. The highest BCUT2D eigenvalue weighted by Crippen LogP contribution is 2.21. The number of ether oxygens (including phenoxy) is 1. The molecule has 0 saturated carbocycles. The van der Waals surface area contributed by atoms with Crippen LogP contribution in [0.15, 0.2) is 34.8 Å². The number of anilines is 1. The van der Waals surface area contributed by atoms with Crippen molar-refractivity contribution in [1.29, 1.82) is 0 Å². The highest BCUT2D eigenvalue weighted by atomic mass is 79.9. The predicted octanol–water partition coefficient (Wildman–Crippen LogP) is 3.81. The maximum atomic E-state index is 13.5. The molecule has 0 unspecified atom stereocenters. The quantitative estimate of drug-likeness (QED) is 0.669. The molecule has 0 aliphatic heterocycles. The number of carbonyl (C=O) groups excluding carboxylic acids is 1. The average molecular weight is 360 g/mol. The summed E-state index contributed by atoms with van der Waals surface area (Å²) in [5.74, 6) is -3.46. The summed E-state index contributed by atoms with van der Waals surface area (Å²) in [6.07, 6.45) is 0. The molecule has 0 fully saturated rings. The molecule has 2 N–H and O–H groups in total. The van der Waals surface area contributed by atoms with Gasteiger partial charge in [0.15, 0.2) is 0 Å². The zero-order valence-electron chi connectivity index (χ0n) is 10.5. The molecular formula is C14H9BrF3NO2. The maximum absolute atomic E-state index is 13.5. The van der Waals surface area contributed by atoms with Crippen molar-refractivity contribution in [1.82, 2.24) is 0 Å². The Morgan fingerprint density at radius 3 is 2.52 bits per heavy atom. The summed E-state index contributed by atoms with van der Waals surface area (Å²) in [5, 5.41) is 0. The van der Waals surface area contributed by atoms with Crippen LogP contribution in [0.25, 0.3) is 0 Å². The van der Waals surface area contributed by atoms with Crippen molar-refractivity contribution in [2.75, 3.05) is 5.73 Å². The normalized spacial score (nSPS) is 10.5. The first-order valence-electron chi connectivity index (χ1n) is 5.74. The summed E-state index contributed by atoms with van der Waals surface area (Å²) >= 11 is 3.11. The van der Waals surface area contributed by atoms with Gasteiger partial charge < -0.3 is 10.5 Å². The third-order valence-corrected chi connectivity index (χ3v) is 3.42. The van der Waals surface area contributed by atoms with E-state index in [-0.39, 0.29) is 12.3 Å². The minimum Gasteiger partial charge on any atom is -0.457 e. The van der Waals surface area contributed by atoms with E-state index in [1.807, 2.05) is 0 Å². The van der Waals surface area contributed by atoms with Crippen molar-refractivity contribution in [3.05, 3.63) is 63.4 Å². The van der Waals surface area contributed by atoms with E-state index in [1.165, 1.54) is 18.2 Å². The number of hydrogen-bond acceptors (Lipinski definition) is 3. The van der Waals surface area contributed by atoms with E-state index in [0.29, 0.717) is 16.1 Å². The molecular weight excluding hydrogens is 351 g/mol. The molecule has 2 aromatic rings. The van der Waals surface area contributed by atoms with Crippen LogP contribution in [-0.4, -0.2) is 5.97 Å². The predicted molar refractivity (Wildman–Crippen MR) is 74.0 cm³/mol. The van der Waals surface area contributed by atoms with Gasteiger partial charge in [0.2, 0.25) is 0 Å². The first-order valence-corrected chi connectivity index (χ1v) is 6.53. The second-order valence-corrected chi connectivity index (χ2v) is 5.02. The molecule has 2 rings (SSSR count). The molecule has 0 aliphatic carbocycles. The van der Waals surface area contributed by atoms with Crippen molar-refractivity contribution in [3.8, 4) is 0 Å². The zero-order valence-corrected chi connectivity index (χ0v) is 12.1. The van der Waals surface area contributed by atoms with E-state index in [2.05, 4.69) is 15.9 Å². The van der Waals surface area contributed by atoms with Crippen LogP contribution in [0.3, 0.4) is 0 Å². The molecule has 0 aromatic heterocycles. The lowest BCUT2D eigenvalue weighted by atomic mass is 10.2. The minimum absolute atomic E-state index is 0.198. The number of carbonyl (C=O) groups is 1. The van der Waals surface area contributed by atoms with E-state index < -0.39 is 29.0 Å². The van der Waals surface area contributed by atoms with Gasteiger partial charge in [0, 0.05) is 16.1 Å². The first kappa shape index (κ1) is 15.4. The molecule has 0 heterocycles. The molecule has 0 spiro atoms. The van der Waals surface area contributed by atoms with E-state index in [4.69, 9.17) is 10.5 Å². The molecule has 0 aliphatic rings. The smallest absolute Gasteiger partial charge is 0.341 e. The fourth-order valence-electron chi connectivity index (χ4n) is 1.58. The SMILES string of the molecule is Nc1cc(C(=O)OCc2ccc(F)cc2Br)c(F)cc1F. The van der Waals surface area contributed by atoms with Crippen LogP contribution < -0.4 is 5.73 Å². The van der Waals surface area contributed by atoms with E-state index in [0.717, 1.165) is 6.07 Å². The van der Waals surface area contributed by atoms with Gasteiger partial charge in [-0.2, -0.15) is 0 Å². The molecule has 110 valence electrons. The number of nitrogen functional groups attached to an aromatic ring is 1. The van der Waals surface area contributed by atoms with Crippen molar-refractivity contribution in [3.63, 3.8) is 0 Å². The molecule has 0 atom stereocenters. The van der Waals surface area contributed by atoms with Gasteiger partial charge in [-0.05, 0) is 18.2 Å². The Morgan fingerprint density at radius 1 is 1.14 bits per heavy atom. The van der Waals surface area contributed by atoms with Crippen molar-refractivity contribution in [2.45, 2.75) is 6.61 Å². The summed E-state index contributed by atoms with van der Waals surface area (Å²) in [6, 6.07) is 5.21. The molecule has 0 radical (unpaired) electrons. The Kier molecular flexibility index (Phi) is 4.52. The monoisotopic (exact) mass is 359 g/mol. The van der Waals surface area contributed by atoms with Gasteiger partial charge in [-0.3, -0.25) is 0 Å². The maximum Gasteiger partial charge on any atom is 0.341 e. The molecule has 3 nitrogen and oxygen atoms in total. The largest absolute Gasteiger partial charge is 0.457 e.